The minimum Gasteiger partial charge on any atom is -0.345 e. The van der Waals surface area contributed by atoms with Crippen molar-refractivity contribution in [2.75, 3.05) is 11.9 Å². The Kier molecular flexibility index (Phi) is 4.80. The van der Waals surface area contributed by atoms with Gasteiger partial charge in [0.2, 0.25) is 0 Å². The van der Waals surface area contributed by atoms with Gasteiger partial charge in [-0.1, -0.05) is 17.3 Å². The van der Waals surface area contributed by atoms with Crippen molar-refractivity contribution in [1.82, 2.24) is 29.9 Å². The zero-order valence-electron chi connectivity index (χ0n) is 16.1. The summed E-state index contributed by atoms with van der Waals surface area (Å²) in [6, 6.07) is 15.7. The van der Waals surface area contributed by atoms with Gasteiger partial charge >= 0.3 is 0 Å². The van der Waals surface area contributed by atoms with Crippen LogP contribution in [-0.2, 0) is 7.05 Å². The van der Waals surface area contributed by atoms with E-state index < -0.39 is 0 Å². The molecule has 0 atom stereocenters. The summed E-state index contributed by atoms with van der Waals surface area (Å²) in [5.74, 6) is 0.819. The second kappa shape index (κ2) is 7.56. The van der Waals surface area contributed by atoms with Crippen molar-refractivity contribution in [3.8, 4) is 11.3 Å². The van der Waals surface area contributed by atoms with Crippen LogP contribution in [0.1, 0.15) is 23.1 Å². The smallest absolute Gasteiger partial charge is 0.129 e. The normalized spacial score (nSPS) is 11.0. The molecule has 0 radical (unpaired) electrons. The molecule has 0 fully saturated rings. The zero-order valence-corrected chi connectivity index (χ0v) is 16.1. The first kappa shape index (κ1) is 17.8. The van der Waals surface area contributed by atoms with Crippen molar-refractivity contribution in [2.45, 2.75) is 13.0 Å². The first-order valence-electron chi connectivity index (χ1n) is 9.02. The van der Waals surface area contributed by atoms with Gasteiger partial charge in [0.05, 0.1) is 22.8 Å². The van der Waals surface area contributed by atoms with Crippen LogP contribution in [0.2, 0.25) is 0 Å². The maximum Gasteiger partial charge on any atom is 0.129 e. The number of nitrogens with zero attached hydrogens (tertiary/aromatic N) is 7. The van der Waals surface area contributed by atoms with Gasteiger partial charge in [-0.2, -0.15) is 0 Å². The summed E-state index contributed by atoms with van der Waals surface area (Å²) in [5.41, 5.74) is 4.70. The van der Waals surface area contributed by atoms with E-state index in [9.17, 15) is 0 Å². The topological polar surface area (TPSA) is 72.6 Å². The highest BCUT2D eigenvalue weighted by atomic mass is 15.4. The van der Waals surface area contributed by atoms with E-state index in [1.165, 1.54) is 0 Å². The number of rotatable bonds is 5. The van der Waals surface area contributed by atoms with Gasteiger partial charge in [0.15, 0.2) is 0 Å². The summed E-state index contributed by atoms with van der Waals surface area (Å²) in [6.07, 6.45) is 5.41. The molecule has 0 amide bonds. The summed E-state index contributed by atoms with van der Waals surface area (Å²) in [4.78, 5) is 15.8. The minimum absolute atomic E-state index is 0.157. The van der Waals surface area contributed by atoms with Crippen molar-refractivity contribution in [2.24, 2.45) is 7.05 Å². The molecule has 0 aliphatic rings. The van der Waals surface area contributed by atoms with E-state index in [-0.39, 0.29) is 6.04 Å². The highest BCUT2D eigenvalue weighted by Crippen LogP contribution is 2.31. The predicted molar refractivity (Wildman–Crippen MR) is 108 cm³/mol. The summed E-state index contributed by atoms with van der Waals surface area (Å²) in [7, 11) is 3.90. The van der Waals surface area contributed by atoms with Crippen LogP contribution in [0.5, 0.6) is 0 Å². The van der Waals surface area contributed by atoms with E-state index in [0.717, 1.165) is 34.2 Å². The number of aryl methyl sites for hydroxylation is 2. The Bertz CT molecular complexity index is 1000. The molecule has 140 valence electrons. The second-order valence-electron chi connectivity index (χ2n) is 6.57. The molecule has 0 aromatic carbocycles. The van der Waals surface area contributed by atoms with E-state index in [0.29, 0.717) is 0 Å². The molecule has 0 bridgehead atoms. The third-order valence-corrected chi connectivity index (χ3v) is 4.70. The van der Waals surface area contributed by atoms with Gasteiger partial charge < -0.3 is 4.90 Å². The zero-order chi connectivity index (χ0) is 19.5. The lowest BCUT2D eigenvalue weighted by atomic mass is 10.1. The van der Waals surface area contributed by atoms with Crippen molar-refractivity contribution in [3.63, 3.8) is 0 Å². The molecule has 0 aliphatic heterocycles. The van der Waals surface area contributed by atoms with Crippen molar-refractivity contribution in [3.05, 3.63) is 84.2 Å². The summed E-state index contributed by atoms with van der Waals surface area (Å²) < 4.78 is 1.78. The summed E-state index contributed by atoms with van der Waals surface area (Å²) in [5, 5.41) is 8.27. The highest BCUT2D eigenvalue weighted by molar-refractivity contribution is 5.65. The van der Waals surface area contributed by atoms with Crippen LogP contribution >= 0.6 is 0 Å². The molecule has 4 rings (SSSR count). The van der Waals surface area contributed by atoms with Crippen LogP contribution in [0.4, 0.5) is 5.82 Å². The van der Waals surface area contributed by atoms with Crippen LogP contribution in [0, 0.1) is 6.92 Å². The molecule has 0 aliphatic carbocycles. The van der Waals surface area contributed by atoms with E-state index in [1.54, 1.807) is 17.1 Å². The molecule has 4 aromatic rings. The molecular formula is C21H21N7. The van der Waals surface area contributed by atoms with Gasteiger partial charge in [-0.15, -0.1) is 5.10 Å². The fourth-order valence-electron chi connectivity index (χ4n) is 3.37. The average Bonchev–Trinajstić information content (AvgIpc) is 3.08. The van der Waals surface area contributed by atoms with Crippen molar-refractivity contribution >= 4 is 5.82 Å². The van der Waals surface area contributed by atoms with Gasteiger partial charge in [-0.25, -0.2) is 9.67 Å². The molecule has 28 heavy (non-hydrogen) atoms. The number of hydrogen-bond acceptors (Lipinski definition) is 6. The summed E-state index contributed by atoms with van der Waals surface area (Å²) in [6.45, 7) is 1.96. The predicted octanol–water partition coefficient (Wildman–Crippen LogP) is 3.20. The van der Waals surface area contributed by atoms with E-state index in [2.05, 4.69) is 30.2 Å². The molecule has 0 saturated carbocycles. The number of hydrogen-bond donors (Lipinski definition) is 0. The highest BCUT2D eigenvalue weighted by Gasteiger charge is 2.23. The van der Waals surface area contributed by atoms with Crippen LogP contribution in [0.25, 0.3) is 11.3 Å². The maximum absolute atomic E-state index is 4.60. The minimum atomic E-state index is -0.157. The summed E-state index contributed by atoms with van der Waals surface area (Å²) >= 11 is 0. The van der Waals surface area contributed by atoms with Gasteiger partial charge in [-0.05, 0) is 43.3 Å². The molecule has 0 spiro atoms. The lowest BCUT2D eigenvalue weighted by Gasteiger charge is -2.28. The lowest BCUT2D eigenvalue weighted by Crippen LogP contribution is -2.27. The molecule has 4 aromatic heterocycles. The molecular weight excluding hydrogens is 350 g/mol. The molecule has 7 heteroatoms. The van der Waals surface area contributed by atoms with Gasteiger partial charge in [0.25, 0.3) is 0 Å². The third kappa shape index (κ3) is 3.34. The number of pyridine rings is 3. The first-order chi connectivity index (χ1) is 13.6. The third-order valence-electron chi connectivity index (χ3n) is 4.70. The van der Waals surface area contributed by atoms with E-state index in [4.69, 9.17) is 0 Å². The standard InChI is InChI=1S/C21H21N7/c1-15-20(28(3)26-25-15)16-10-13-24-19(14-16)27(2)21(17-8-4-6-11-22-17)18-9-5-7-12-23-18/h4-14,21H,1-3H3. The Hall–Kier alpha value is -3.61. The van der Waals surface area contributed by atoms with Crippen LogP contribution in [-0.4, -0.2) is 37.0 Å². The van der Waals surface area contributed by atoms with Crippen LogP contribution in [0.15, 0.2) is 67.1 Å². The monoisotopic (exact) mass is 371 g/mol. The van der Waals surface area contributed by atoms with Gasteiger partial charge in [-0.3, -0.25) is 9.97 Å². The quantitative estimate of drug-likeness (QED) is 0.536. The fraction of sp³-hybridized carbons (Fsp3) is 0.190. The lowest BCUT2D eigenvalue weighted by molar-refractivity contribution is 0.716. The molecule has 0 saturated heterocycles. The number of aromatic nitrogens is 6. The Morgan fingerprint density at radius 2 is 1.57 bits per heavy atom. The van der Waals surface area contributed by atoms with Crippen molar-refractivity contribution in [1.29, 1.82) is 0 Å². The Balaban J connectivity index is 1.78. The first-order valence-corrected chi connectivity index (χ1v) is 9.02. The molecule has 0 N–H and O–H groups in total. The van der Waals surface area contributed by atoms with Gasteiger partial charge in [0, 0.05) is 38.2 Å². The van der Waals surface area contributed by atoms with Gasteiger partial charge in [0.1, 0.15) is 11.9 Å². The molecule has 7 nitrogen and oxygen atoms in total. The SMILES string of the molecule is Cc1nnn(C)c1-c1ccnc(N(C)C(c2ccccn2)c2ccccn2)c1. The second-order valence-corrected chi connectivity index (χ2v) is 6.57. The number of anilines is 1. The Labute approximate surface area is 163 Å². The van der Waals surface area contributed by atoms with E-state index >= 15 is 0 Å². The van der Waals surface area contributed by atoms with Crippen molar-refractivity contribution < 1.29 is 0 Å². The fourth-order valence-corrected chi connectivity index (χ4v) is 3.37. The Morgan fingerprint density at radius 3 is 2.11 bits per heavy atom. The molecule has 0 unspecified atom stereocenters. The van der Waals surface area contributed by atoms with Crippen LogP contribution in [0.3, 0.4) is 0 Å². The average molecular weight is 371 g/mol. The molecule has 4 heterocycles. The van der Waals surface area contributed by atoms with E-state index in [1.807, 2.05) is 75.7 Å². The van der Waals surface area contributed by atoms with Crippen LogP contribution < -0.4 is 4.90 Å². The largest absolute Gasteiger partial charge is 0.345 e. The maximum atomic E-state index is 4.60. The Morgan fingerprint density at radius 1 is 0.893 bits per heavy atom.